The van der Waals surface area contributed by atoms with Crippen molar-refractivity contribution in [3.05, 3.63) is 17.0 Å². The molecule has 6 nitrogen and oxygen atoms in total. The molecule has 2 aliphatic rings. The Labute approximate surface area is 147 Å². The van der Waals surface area contributed by atoms with Gasteiger partial charge >= 0.3 is 0 Å². The zero-order valence-electron chi connectivity index (χ0n) is 14.2. The standard InChI is InChI=1S/C16H24N2O4S2/c1-10(2)17-15(19)13-8-12-4-6-18(9-14(12)22-13)24(20,21)16-11(3)5-7-23-16/h5,7,10,12-14H,4,6,8-9H2,1-3H3,(H,17,19)/t12-,13-,14+/m0/s1. The van der Waals surface area contributed by atoms with Crippen molar-refractivity contribution in [3.63, 3.8) is 0 Å². The van der Waals surface area contributed by atoms with Gasteiger partial charge < -0.3 is 10.1 Å². The Hall–Kier alpha value is -0.960. The molecule has 134 valence electrons. The molecule has 0 unspecified atom stereocenters. The molecule has 1 aromatic rings. The topological polar surface area (TPSA) is 75.7 Å². The summed E-state index contributed by atoms with van der Waals surface area (Å²) in [7, 11) is -3.47. The normalized spacial score (nSPS) is 28.1. The minimum Gasteiger partial charge on any atom is -0.363 e. The van der Waals surface area contributed by atoms with Crippen LogP contribution in [-0.4, -0.2) is 50.0 Å². The quantitative estimate of drug-likeness (QED) is 0.874. The van der Waals surface area contributed by atoms with Gasteiger partial charge in [-0.1, -0.05) is 0 Å². The number of carbonyl (C=O) groups is 1. The predicted molar refractivity (Wildman–Crippen MR) is 92.5 cm³/mol. The third-order valence-corrected chi connectivity index (χ3v) is 8.16. The number of thiophene rings is 1. The monoisotopic (exact) mass is 372 g/mol. The summed E-state index contributed by atoms with van der Waals surface area (Å²) in [6.45, 7) is 6.46. The van der Waals surface area contributed by atoms with Crippen LogP contribution in [0.15, 0.2) is 15.7 Å². The number of hydrogen-bond donors (Lipinski definition) is 1. The second-order valence-corrected chi connectivity index (χ2v) is 9.91. The summed E-state index contributed by atoms with van der Waals surface area (Å²) >= 11 is 1.25. The molecule has 3 rings (SSSR count). The van der Waals surface area contributed by atoms with Crippen molar-refractivity contribution in [1.82, 2.24) is 9.62 Å². The van der Waals surface area contributed by atoms with Crippen LogP contribution in [0, 0.1) is 12.8 Å². The van der Waals surface area contributed by atoms with Crippen LogP contribution in [0.4, 0.5) is 0 Å². The lowest BCUT2D eigenvalue weighted by molar-refractivity contribution is -0.133. The molecular formula is C16H24N2O4S2. The summed E-state index contributed by atoms with van der Waals surface area (Å²) in [5, 5.41) is 4.67. The van der Waals surface area contributed by atoms with Crippen molar-refractivity contribution < 1.29 is 17.9 Å². The van der Waals surface area contributed by atoms with E-state index in [9.17, 15) is 13.2 Å². The maximum Gasteiger partial charge on any atom is 0.252 e. The summed E-state index contributed by atoms with van der Waals surface area (Å²) in [6, 6.07) is 1.89. The Morgan fingerprint density at radius 1 is 1.46 bits per heavy atom. The highest BCUT2D eigenvalue weighted by Gasteiger charge is 2.44. The maximum absolute atomic E-state index is 12.8. The summed E-state index contributed by atoms with van der Waals surface area (Å²) in [5.74, 6) is 0.159. The number of amides is 1. The SMILES string of the molecule is Cc1ccsc1S(=O)(=O)N1CC[C@H]2C[C@@H](C(=O)NC(C)C)O[C@@H]2C1. The van der Waals surface area contributed by atoms with Crippen LogP contribution >= 0.6 is 11.3 Å². The summed E-state index contributed by atoms with van der Waals surface area (Å²) < 4.78 is 33.4. The number of nitrogens with zero attached hydrogens (tertiary/aromatic N) is 1. The van der Waals surface area contributed by atoms with Crippen LogP contribution in [-0.2, 0) is 19.6 Å². The third-order valence-electron chi connectivity index (χ3n) is 4.63. The number of carbonyl (C=O) groups excluding carboxylic acids is 1. The predicted octanol–water partition coefficient (Wildman–Crippen LogP) is 1.75. The van der Waals surface area contributed by atoms with E-state index in [1.54, 1.807) is 5.38 Å². The lowest BCUT2D eigenvalue weighted by Crippen LogP contribution is -2.45. The number of sulfonamides is 1. The summed E-state index contributed by atoms with van der Waals surface area (Å²) in [6.07, 6.45) is 0.750. The van der Waals surface area contributed by atoms with E-state index in [1.807, 2.05) is 26.8 Å². The van der Waals surface area contributed by atoms with Gasteiger partial charge in [0.15, 0.2) is 0 Å². The molecule has 0 aromatic carbocycles. The van der Waals surface area contributed by atoms with E-state index < -0.39 is 16.1 Å². The van der Waals surface area contributed by atoms with Gasteiger partial charge in [0.25, 0.3) is 10.0 Å². The van der Waals surface area contributed by atoms with Crippen molar-refractivity contribution >= 4 is 27.3 Å². The Kier molecular flexibility index (Phi) is 5.01. The molecule has 24 heavy (non-hydrogen) atoms. The Morgan fingerprint density at radius 2 is 2.21 bits per heavy atom. The van der Waals surface area contributed by atoms with Crippen LogP contribution in [0.2, 0.25) is 0 Å². The van der Waals surface area contributed by atoms with Crippen molar-refractivity contribution in [2.75, 3.05) is 13.1 Å². The minimum absolute atomic E-state index is 0.0717. The van der Waals surface area contributed by atoms with E-state index in [0.29, 0.717) is 23.7 Å². The molecule has 2 fully saturated rings. The van der Waals surface area contributed by atoms with Crippen LogP contribution in [0.1, 0.15) is 32.3 Å². The van der Waals surface area contributed by atoms with E-state index >= 15 is 0 Å². The number of fused-ring (bicyclic) bond motifs is 1. The summed E-state index contributed by atoms with van der Waals surface area (Å²) in [4.78, 5) is 12.1. The summed E-state index contributed by atoms with van der Waals surface area (Å²) in [5.41, 5.74) is 0.781. The molecule has 0 saturated carbocycles. The second kappa shape index (κ2) is 6.74. The van der Waals surface area contributed by atoms with E-state index in [-0.39, 0.29) is 24.0 Å². The van der Waals surface area contributed by atoms with Gasteiger partial charge in [-0.15, -0.1) is 11.3 Å². The van der Waals surface area contributed by atoms with Crippen molar-refractivity contribution in [3.8, 4) is 0 Å². The number of hydrogen-bond acceptors (Lipinski definition) is 5. The molecule has 3 atom stereocenters. The first-order valence-corrected chi connectivity index (χ1v) is 10.6. The van der Waals surface area contributed by atoms with Crippen molar-refractivity contribution in [2.24, 2.45) is 5.92 Å². The van der Waals surface area contributed by atoms with Crippen LogP contribution in [0.3, 0.4) is 0 Å². The molecule has 8 heteroatoms. The number of nitrogens with one attached hydrogen (secondary N) is 1. The van der Waals surface area contributed by atoms with Crippen LogP contribution < -0.4 is 5.32 Å². The zero-order valence-corrected chi connectivity index (χ0v) is 15.8. The van der Waals surface area contributed by atoms with Gasteiger partial charge in [0.05, 0.1) is 6.10 Å². The van der Waals surface area contributed by atoms with Crippen molar-refractivity contribution in [1.29, 1.82) is 0 Å². The number of piperidine rings is 1. The molecule has 2 saturated heterocycles. The molecule has 2 aliphatic heterocycles. The van der Waals surface area contributed by atoms with Gasteiger partial charge in [0, 0.05) is 19.1 Å². The Bertz CT molecular complexity index is 713. The average molecular weight is 373 g/mol. The number of ether oxygens (including phenoxy) is 1. The minimum atomic E-state index is -3.47. The van der Waals surface area contributed by atoms with E-state index in [0.717, 1.165) is 12.0 Å². The van der Waals surface area contributed by atoms with E-state index in [4.69, 9.17) is 4.74 Å². The number of rotatable bonds is 4. The van der Waals surface area contributed by atoms with Gasteiger partial charge in [0.1, 0.15) is 10.3 Å². The largest absolute Gasteiger partial charge is 0.363 e. The van der Waals surface area contributed by atoms with Gasteiger partial charge in [-0.25, -0.2) is 8.42 Å². The van der Waals surface area contributed by atoms with Gasteiger partial charge in [0.2, 0.25) is 5.91 Å². The Morgan fingerprint density at radius 3 is 2.83 bits per heavy atom. The molecule has 0 bridgehead atoms. The fourth-order valence-corrected chi connectivity index (χ4v) is 6.42. The van der Waals surface area contributed by atoms with Gasteiger partial charge in [-0.05, 0) is 56.5 Å². The zero-order chi connectivity index (χ0) is 17.5. The fraction of sp³-hybridized carbons (Fsp3) is 0.688. The molecule has 3 heterocycles. The highest BCUT2D eigenvalue weighted by molar-refractivity contribution is 7.91. The third kappa shape index (κ3) is 3.37. The number of aryl methyl sites for hydroxylation is 1. The van der Waals surface area contributed by atoms with E-state index in [2.05, 4.69) is 5.32 Å². The highest BCUT2D eigenvalue weighted by atomic mass is 32.2. The molecule has 1 aromatic heterocycles. The second-order valence-electron chi connectivity index (χ2n) is 6.87. The lowest BCUT2D eigenvalue weighted by atomic mass is 9.93. The molecule has 1 N–H and O–H groups in total. The average Bonchev–Trinajstić information content (AvgIpc) is 3.11. The van der Waals surface area contributed by atoms with Crippen molar-refractivity contribution in [2.45, 2.75) is 56.1 Å². The smallest absolute Gasteiger partial charge is 0.252 e. The first-order chi connectivity index (χ1) is 11.3. The molecule has 0 radical (unpaired) electrons. The van der Waals surface area contributed by atoms with Gasteiger partial charge in [-0.2, -0.15) is 4.31 Å². The van der Waals surface area contributed by atoms with Crippen LogP contribution in [0.5, 0.6) is 0 Å². The highest BCUT2D eigenvalue weighted by Crippen LogP contribution is 2.36. The molecule has 1 amide bonds. The fourth-order valence-electron chi connectivity index (χ4n) is 3.41. The van der Waals surface area contributed by atoms with Gasteiger partial charge in [-0.3, -0.25) is 4.79 Å². The first-order valence-electron chi connectivity index (χ1n) is 8.29. The lowest BCUT2D eigenvalue weighted by Gasteiger charge is -2.33. The molecular weight excluding hydrogens is 348 g/mol. The first kappa shape index (κ1) is 17.8. The van der Waals surface area contributed by atoms with Crippen LogP contribution in [0.25, 0.3) is 0 Å². The Balaban J connectivity index is 1.69. The molecule has 0 aliphatic carbocycles. The maximum atomic E-state index is 12.8. The van der Waals surface area contributed by atoms with E-state index in [1.165, 1.54) is 15.6 Å². The molecule has 0 spiro atoms.